The second kappa shape index (κ2) is 5.36. The van der Waals surface area contributed by atoms with Gasteiger partial charge in [0.25, 0.3) is 0 Å². The molecule has 4 nitrogen and oxygen atoms in total. The highest BCUT2D eigenvalue weighted by molar-refractivity contribution is 7.99. The third-order valence-electron chi connectivity index (χ3n) is 3.32. The number of hydrogen-bond donors (Lipinski definition) is 3. The van der Waals surface area contributed by atoms with Gasteiger partial charge >= 0.3 is 0 Å². The molecule has 5 unspecified atom stereocenters. The van der Waals surface area contributed by atoms with E-state index in [0.717, 1.165) is 18.9 Å². The van der Waals surface area contributed by atoms with Crippen molar-refractivity contribution in [2.75, 3.05) is 13.4 Å². The standard InChI is InChI=1S/C10H18F2O4S/c1-10(15,17-3)4-7(13)5(11)9(16-2)6(12)8(4)14/h4-9,13-15H,1-3H3. The average Bonchev–Trinajstić information content (AvgIpc) is 2.27. The Labute approximate surface area is 103 Å². The van der Waals surface area contributed by atoms with E-state index in [-0.39, 0.29) is 0 Å². The van der Waals surface area contributed by atoms with Crippen LogP contribution in [0.4, 0.5) is 8.78 Å². The molecule has 102 valence electrons. The predicted molar refractivity (Wildman–Crippen MR) is 60.2 cm³/mol. The molecule has 0 bridgehead atoms. The maximum absolute atomic E-state index is 13.7. The second-order valence-corrected chi connectivity index (χ2v) is 5.59. The van der Waals surface area contributed by atoms with Crippen molar-refractivity contribution in [3.05, 3.63) is 0 Å². The van der Waals surface area contributed by atoms with Gasteiger partial charge in [0.2, 0.25) is 0 Å². The summed E-state index contributed by atoms with van der Waals surface area (Å²) in [6, 6.07) is 0. The molecule has 0 aromatic carbocycles. The molecule has 0 aliphatic heterocycles. The Morgan fingerprint density at radius 3 is 1.88 bits per heavy atom. The lowest BCUT2D eigenvalue weighted by Crippen LogP contribution is -2.63. The van der Waals surface area contributed by atoms with Gasteiger partial charge in [-0.1, -0.05) is 0 Å². The van der Waals surface area contributed by atoms with Crippen LogP contribution >= 0.6 is 11.8 Å². The summed E-state index contributed by atoms with van der Waals surface area (Å²) in [7, 11) is 1.11. The fourth-order valence-corrected chi connectivity index (χ4v) is 2.74. The number of halogens is 2. The van der Waals surface area contributed by atoms with Crippen molar-refractivity contribution in [3.63, 3.8) is 0 Å². The summed E-state index contributed by atoms with van der Waals surface area (Å²) in [6.07, 6.45) is -7.31. The van der Waals surface area contributed by atoms with Gasteiger partial charge in [0.05, 0.1) is 18.1 Å². The van der Waals surface area contributed by atoms with Crippen LogP contribution in [0.1, 0.15) is 6.92 Å². The van der Waals surface area contributed by atoms with Crippen LogP contribution in [0.2, 0.25) is 0 Å². The fourth-order valence-electron chi connectivity index (χ4n) is 2.19. The first-order valence-corrected chi connectivity index (χ1v) is 6.45. The average molecular weight is 272 g/mol. The maximum Gasteiger partial charge on any atom is 0.155 e. The number of alkyl halides is 2. The Kier molecular flexibility index (Phi) is 4.76. The molecule has 0 aromatic heterocycles. The molecule has 1 fully saturated rings. The molecule has 1 saturated carbocycles. The van der Waals surface area contributed by atoms with Gasteiger partial charge in [-0.05, 0) is 13.2 Å². The molecule has 1 rings (SSSR count). The van der Waals surface area contributed by atoms with E-state index in [2.05, 4.69) is 4.74 Å². The van der Waals surface area contributed by atoms with Gasteiger partial charge in [-0.2, -0.15) is 0 Å². The normalized spacial score (nSPS) is 46.6. The van der Waals surface area contributed by atoms with Gasteiger partial charge in [0.15, 0.2) is 12.3 Å². The Morgan fingerprint density at radius 2 is 1.59 bits per heavy atom. The van der Waals surface area contributed by atoms with Gasteiger partial charge in [0.1, 0.15) is 11.0 Å². The number of thioether (sulfide) groups is 1. The molecule has 0 aromatic rings. The number of rotatable bonds is 3. The van der Waals surface area contributed by atoms with Crippen molar-refractivity contribution >= 4 is 11.8 Å². The zero-order valence-electron chi connectivity index (χ0n) is 9.88. The molecule has 1 aliphatic rings. The third-order valence-corrected chi connectivity index (χ3v) is 4.42. The summed E-state index contributed by atoms with van der Waals surface area (Å²) in [5.41, 5.74) is 0. The molecule has 5 atom stereocenters. The van der Waals surface area contributed by atoms with Crippen molar-refractivity contribution in [2.24, 2.45) is 5.92 Å². The summed E-state index contributed by atoms with van der Waals surface area (Å²) >= 11 is 0.915. The molecule has 1 aliphatic carbocycles. The van der Waals surface area contributed by atoms with Crippen molar-refractivity contribution in [3.8, 4) is 0 Å². The zero-order chi connectivity index (χ0) is 13.4. The number of methoxy groups -OCH3 is 1. The lowest BCUT2D eigenvalue weighted by atomic mass is 9.77. The highest BCUT2D eigenvalue weighted by Crippen LogP contribution is 2.41. The van der Waals surface area contributed by atoms with Crippen LogP contribution in [0.3, 0.4) is 0 Å². The van der Waals surface area contributed by atoms with E-state index in [1.54, 1.807) is 0 Å². The van der Waals surface area contributed by atoms with Crippen molar-refractivity contribution in [2.45, 2.75) is 42.5 Å². The Morgan fingerprint density at radius 1 is 1.18 bits per heavy atom. The van der Waals surface area contributed by atoms with E-state index in [1.165, 1.54) is 13.2 Å². The largest absolute Gasteiger partial charge is 0.389 e. The van der Waals surface area contributed by atoms with E-state index < -0.39 is 41.5 Å². The molecule has 0 amide bonds. The Bertz CT molecular complexity index is 251. The number of ether oxygens (including phenoxy) is 1. The minimum Gasteiger partial charge on any atom is -0.389 e. The predicted octanol–water partition coefficient (Wildman–Crippen LogP) is 0.101. The SMILES string of the molecule is COC1C(F)C(O)C(C(C)(O)SC)C(O)C1F. The molecule has 0 heterocycles. The Hall–Kier alpha value is 0.0500. The minimum absolute atomic E-state index is 0.915. The molecule has 0 radical (unpaired) electrons. The van der Waals surface area contributed by atoms with Crippen LogP contribution in [-0.2, 0) is 4.74 Å². The monoisotopic (exact) mass is 272 g/mol. The molecule has 0 spiro atoms. The van der Waals surface area contributed by atoms with Crippen LogP contribution < -0.4 is 0 Å². The van der Waals surface area contributed by atoms with Gasteiger partial charge in [-0.25, -0.2) is 8.78 Å². The third kappa shape index (κ3) is 2.58. The van der Waals surface area contributed by atoms with Crippen LogP contribution in [0.25, 0.3) is 0 Å². The van der Waals surface area contributed by atoms with E-state index >= 15 is 0 Å². The molecule has 3 N–H and O–H groups in total. The number of aliphatic hydroxyl groups is 3. The number of aliphatic hydroxyl groups excluding tert-OH is 2. The highest BCUT2D eigenvalue weighted by atomic mass is 32.2. The van der Waals surface area contributed by atoms with E-state index in [9.17, 15) is 24.1 Å². The first-order chi connectivity index (χ1) is 7.77. The van der Waals surface area contributed by atoms with Gasteiger partial charge in [-0.15, -0.1) is 11.8 Å². The van der Waals surface area contributed by atoms with Gasteiger partial charge in [0, 0.05) is 7.11 Å². The lowest BCUT2D eigenvalue weighted by molar-refractivity contribution is -0.196. The summed E-state index contributed by atoms with van der Waals surface area (Å²) in [4.78, 5) is -1.62. The molecule has 17 heavy (non-hydrogen) atoms. The second-order valence-electron chi connectivity index (χ2n) is 4.35. The molecule has 7 heteroatoms. The smallest absolute Gasteiger partial charge is 0.155 e. The summed E-state index contributed by atoms with van der Waals surface area (Å²) < 4.78 is 32.1. The molecule has 0 saturated heterocycles. The van der Waals surface area contributed by atoms with Crippen LogP contribution in [0.5, 0.6) is 0 Å². The molecular weight excluding hydrogens is 254 g/mol. The fraction of sp³-hybridized carbons (Fsp3) is 1.00. The summed E-state index contributed by atoms with van der Waals surface area (Å²) in [6.45, 7) is 1.31. The van der Waals surface area contributed by atoms with Gasteiger partial charge in [-0.3, -0.25) is 0 Å². The van der Waals surface area contributed by atoms with E-state index in [4.69, 9.17) is 0 Å². The van der Waals surface area contributed by atoms with Crippen LogP contribution in [-0.4, -0.2) is 64.3 Å². The lowest BCUT2D eigenvalue weighted by Gasteiger charge is -2.46. The van der Waals surface area contributed by atoms with Crippen molar-refractivity contribution in [1.82, 2.24) is 0 Å². The van der Waals surface area contributed by atoms with Crippen molar-refractivity contribution < 1.29 is 28.8 Å². The zero-order valence-corrected chi connectivity index (χ0v) is 10.7. The summed E-state index contributed by atoms with van der Waals surface area (Å²) in [5, 5.41) is 29.4. The quantitative estimate of drug-likeness (QED) is 0.636. The van der Waals surface area contributed by atoms with Crippen molar-refractivity contribution in [1.29, 1.82) is 0 Å². The first kappa shape index (κ1) is 15.1. The highest BCUT2D eigenvalue weighted by Gasteiger charge is 2.56. The Balaban J connectivity index is 3.01. The van der Waals surface area contributed by atoms with E-state index in [1.807, 2.05) is 0 Å². The van der Waals surface area contributed by atoms with E-state index in [0.29, 0.717) is 0 Å². The minimum atomic E-state index is -1.98. The van der Waals surface area contributed by atoms with Crippen LogP contribution in [0.15, 0.2) is 0 Å². The van der Waals surface area contributed by atoms with Gasteiger partial charge < -0.3 is 20.1 Å². The first-order valence-electron chi connectivity index (χ1n) is 5.22. The topological polar surface area (TPSA) is 69.9 Å². The number of hydrogen-bond acceptors (Lipinski definition) is 5. The van der Waals surface area contributed by atoms with Crippen LogP contribution in [0, 0.1) is 5.92 Å². The maximum atomic E-state index is 13.7. The molecular formula is C10H18F2O4S. The summed E-state index contributed by atoms with van der Waals surface area (Å²) in [5.74, 6) is -1.31.